The van der Waals surface area contributed by atoms with Crippen LogP contribution in [0, 0.1) is 0 Å². The van der Waals surface area contributed by atoms with Crippen LogP contribution in [0.5, 0.6) is 0 Å². The van der Waals surface area contributed by atoms with Crippen LogP contribution in [0.15, 0.2) is 61.1 Å². The Hall–Kier alpha value is -4.14. The number of aliphatic carboxylic acids is 2. The maximum atomic E-state index is 12.4. The largest absolute Gasteiger partial charge is 0.480 e. The molecule has 32 heavy (non-hydrogen) atoms. The fraction of sp³-hybridized carbons (Fsp3) is 0.217. The normalized spacial score (nSPS) is 13.1. The molecule has 1 heterocycles. The van der Waals surface area contributed by atoms with Crippen LogP contribution in [0.4, 0.5) is 4.79 Å². The summed E-state index contributed by atoms with van der Waals surface area (Å²) in [5.41, 5.74) is 4.65. The van der Waals surface area contributed by atoms with Crippen LogP contribution in [-0.4, -0.2) is 50.4 Å². The lowest BCUT2D eigenvalue weighted by Gasteiger charge is -2.17. The third-order valence-corrected chi connectivity index (χ3v) is 5.35. The molecular weight excluding hydrogens is 414 g/mol. The number of carboxylic acids is 2. The summed E-state index contributed by atoms with van der Waals surface area (Å²) in [6.45, 7) is -0.218. The minimum Gasteiger partial charge on any atom is -0.480 e. The first-order chi connectivity index (χ1) is 15.4. The highest BCUT2D eigenvalue weighted by atomic mass is 16.5. The van der Waals surface area contributed by atoms with Crippen LogP contribution < -0.4 is 5.32 Å². The molecular formula is C23H21N3O6. The number of rotatable bonds is 8. The molecule has 1 aromatic heterocycles. The van der Waals surface area contributed by atoms with E-state index in [0.29, 0.717) is 5.69 Å². The van der Waals surface area contributed by atoms with Gasteiger partial charge in [-0.25, -0.2) is 14.6 Å². The number of carbonyl (C=O) groups is 3. The van der Waals surface area contributed by atoms with Gasteiger partial charge in [-0.05, 0) is 22.3 Å². The second-order valence-corrected chi connectivity index (χ2v) is 7.50. The monoisotopic (exact) mass is 435 g/mol. The van der Waals surface area contributed by atoms with Gasteiger partial charge in [0.2, 0.25) is 0 Å². The molecule has 9 nitrogen and oxygen atoms in total. The molecule has 0 bridgehead atoms. The number of hydrogen-bond donors (Lipinski definition) is 3. The zero-order valence-electron chi connectivity index (χ0n) is 17.0. The van der Waals surface area contributed by atoms with Gasteiger partial charge in [0, 0.05) is 18.5 Å². The van der Waals surface area contributed by atoms with E-state index in [1.165, 1.54) is 17.1 Å². The molecule has 1 aliphatic carbocycles. The van der Waals surface area contributed by atoms with Crippen LogP contribution >= 0.6 is 0 Å². The van der Waals surface area contributed by atoms with Crippen LogP contribution in [0.1, 0.15) is 22.7 Å². The van der Waals surface area contributed by atoms with Gasteiger partial charge in [-0.15, -0.1) is 0 Å². The first-order valence-corrected chi connectivity index (χ1v) is 9.99. The molecule has 164 valence electrons. The van der Waals surface area contributed by atoms with Gasteiger partial charge in [0.25, 0.3) is 0 Å². The maximum absolute atomic E-state index is 12.4. The van der Waals surface area contributed by atoms with E-state index in [4.69, 9.17) is 9.84 Å². The third kappa shape index (κ3) is 4.46. The van der Waals surface area contributed by atoms with Gasteiger partial charge in [0.15, 0.2) is 0 Å². The average molecular weight is 435 g/mol. The molecule has 9 heteroatoms. The number of amides is 1. The van der Waals surface area contributed by atoms with E-state index in [-0.39, 0.29) is 25.5 Å². The summed E-state index contributed by atoms with van der Waals surface area (Å²) in [6, 6.07) is 14.6. The summed E-state index contributed by atoms with van der Waals surface area (Å²) in [5.74, 6) is -2.42. The zero-order valence-corrected chi connectivity index (χ0v) is 17.0. The SMILES string of the molecule is O=C(O)Cn1cnc(C[C@H](NC(=O)OCC2c3ccccc3-c3ccccc32)C(=O)O)c1. The quantitative estimate of drug-likeness (QED) is 0.495. The molecule has 0 saturated carbocycles. The fourth-order valence-electron chi connectivity index (χ4n) is 3.95. The molecule has 3 N–H and O–H groups in total. The predicted molar refractivity (Wildman–Crippen MR) is 113 cm³/mol. The average Bonchev–Trinajstić information content (AvgIpc) is 3.33. The number of nitrogens with one attached hydrogen (secondary N) is 1. The molecule has 0 aliphatic heterocycles. The van der Waals surface area contributed by atoms with Crippen molar-refractivity contribution >= 4 is 18.0 Å². The number of nitrogens with zero attached hydrogens (tertiary/aromatic N) is 2. The molecule has 0 radical (unpaired) electrons. The molecule has 0 saturated heterocycles. The lowest BCUT2D eigenvalue weighted by molar-refractivity contribution is -0.139. The van der Waals surface area contributed by atoms with E-state index in [9.17, 15) is 19.5 Å². The first-order valence-electron chi connectivity index (χ1n) is 9.99. The molecule has 1 aliphatic rings. The van der Waals surface area contributed by atoms with Crippen molar-refractivity contribution in [2.45, 2.75) is 24.9 Å². The molecule has 0 fully saturated rings. The Morgan fingerprint density at radius 3 is 2.25 bits per heavy atom. The number of imidazole rings is 1. The van der Waals surface area contributed by atoms with Gasteiger partial charge in [-0.3, -0.25) is 4.79 Å². The summed E-state index contributed by atoms with van der Waals surface area (Å²) in [7, 11) is 0. The topological polar surface area (TPSA) is 131 Å². The van der Waals surface area contributed by atoms with E-state index in [1.54, 1.807) is 0 Å². The summed E-state index contributed by atoms with van der Waals surface area (Å²) in [4.78, 5) is 38.8. The Labute approximate surface area is 183 Å². The van der Waals surface area contributed by atoms with Crippen molar-refractivity contribution in [3.05, 3.63) is 77.9 Å². The van der Waals surface area contributed by atoms with Crippen molar-refractivity contribution in [1.82, 2.24) is 14.9 Å². The van der Waals surface area contributed by atoms with Crippen LogP contribution in [0.2, 0.25) is 0 Å². The summed E-state index contributed by atoms with van der Waals surface area (Å²) < 4.78 is 6.72. The zero-order chi connectivity index (χ0) is 22.7. The fourth-order valence-corrected chi connectivity index (χ4v) is 3.95. The number of carbonyl (C=O) groups excluding carboxylic acids is 1. The van der Waals surface area contributed by atoms with Gasteiger partial charge in [-0.1, -0.05) is 48.5 Å². The second kappa shape index (κ2) is 8.93. The van der Waals surface area contributed by atoms with Gasteiger partial charge in [-0.2, -0.15) is 0 Å². The minimum absolute atomic E-state index is 0.0689. The Morgan fingerprint density at radius 2 is 1.66 bits per heavy atom. The van der Waals surface area contributed by atoms with Crippen LogP contribution in [0.25, 0.3) is 11.1 Å². The number of aromatic nitrogens is 2. The van der Waals surface area contributed by atoms with Crippen molar-refractivity contribution in [3.8, 4) is 11.1 Å². The van der Waals surface area contributed by atoms with Crippen LogP contribution in [-0.2, 0) is 27.3 Å². The number of alkyl carbamates (subject to hydrolysis) is 1. The Kier molecular flexibility index (Phi) is 5.89. The van der Waals surface area contributed by atoms with Gasteiger partial charge in [0.05, 0.1) is 12.0 Å². The summed E-state index contributed by atoms with van der Waals surface area (Å²) in [5, 5.41) is 20.7. The Morgan fingerprint density at radius 1 is 1.03 bits per heavy atom. The number of hydrogen-bond acceptors (Lipinski definition) is 5. The molecule has 0 spiro atoms. The van der Waals surface area contributed by atoms with Crippen molar-refractivity contribution in [1.29, 1.82) is 0 Å². The molecule has 1 atom stereocenters. The van der Waals surface area contributed by atoms with E-state index in [2.05, 4.69) is 10.3 Å². The van der Waals surface area contributed by atoms with E-state index < -0.39 is 24.1 Å². The number of benzene rings is 2. The van der Waals surface area contributed by atoms with Gasteiger partial charge >= 0.3 is 18.0 Å². The van der Waals surface area contributed by atoms with Crippen molar-refractivity contribution in [2.75, 3.05) is 6.61 Å². The Balaban J connectivity index is 1.40. The lowest BCUT2D eigenvalue weighted by Crippen LogP contribution is -2.43. The first kappa shape index (κ1) is 21.1. The van der Waals surface area contributed by atoms with E-state index >= 15 is 0 Å². The number of ether oxygens (including phenoxy) is 1. The number of carboxylic acid groups (broad SMARTS) is 2. The van der Waals surface area contributed by atoms with Crippen LogP contribution in [0.3, 0.4) is 0 Å². The molecule has 2 aromatic carbocycles. The highest BCUT2D eigenvalue weighted by molar-refractivity contribution is 5.81. The van der Waals surface area contributed by atoms with Crippen molar-refractivity contribution < 1.29 is 29.3 Å². The number of fused-ring (bicyclic) bond motifs is 3. The standard InChI is InChI=1S/C23H21N3O6/c27-21(28)11-26-10-14(24-13-26)9-20(22(29)30)25-23(31)32-12-19-17-7-3-1-5-15(17)16-6-2-4-8-18(16)19/h1-8,10,13,19-20H,9,11-12H2,(H,25,31)(H,27,28)(H,29,30)/t20-/m0/s1. The minimum atomic E-state index is -1.26. The van der Waals surface area contributed by atoms with E-state index in [1.807, 2.05) is 48.5 Å². The van der Waals surface area contributed by atoms with E-state index in [0.717, 1.165) is 22.3 Å². The van der Waals surface area contributed by atoms with Crippen molar-refractivity contribution in [2.24, 2.45) is 0 Å². The molecule has 4 rings (SSSR count). The van der Waals surface area contributed by atoms with Gasteiger partial charge < -0.3 is 24.8 Å². The Bertz CT molecular complexity index is 1130. The molecule has 1 amide bonds. The maximum Gasteiger partial charge on any atom is 0.407 e. The van der Waals surface area contributed by atoms with Gasteiger partial charge in [0.1, 0.15) is 19.2 Å². The molecule has 0 unspecified atom stereocenters. The predicted octanol–water partition coefficient (Wildman–Crippen LogP) is 2.50. The smallest absolute Gasteiger partial charge is 0.407 e. The summed E-state index contributed by atoms with van der Waals surface area (Å²) in [6.07, 6.45) is 1.79. The highest BCUT2D eigenvalue weighted by Gasteiger charge is 2.30. The molecule has 3 aromatic rings. The highest BCUT2D eigenvalue weighted by Crippen LogP contribution is 2.44. The summed E-state index contributed by atoms with van der Waals surface area (Å²) >= 11 is 0. The third-order valence-electron chi connectivity index (χ3n) is 5.35. The second-order valence-electron chi connectivity index (χ2n) is 7.50. The lowest BCUT2D eigenvalue weighted by atomic mass is 9.98. The van der Waals surface area contributed by atoms with Crippen molar-refractivity contribution in [3.63, 3.8) is 0 Å².